The number of hydrogen-bond acceptors (Lipinski definition) is 4. The largest absolute Gasteiger partial charge is 0.486 e. The van der Waals surface area contributed by atoms with E-state index in [1.54, 1.807) is 6.20 Å². The fourth-order valence-electron chi connectivity index (χ4n) is 7.40. The second-order valence-corrected chi connectivity index (χ2v) is 14.8. The van der Waals surface area contributed by atoms with E-state index in [9.17, 15) is 0 Å². The van der Waals surface area contributed by atoms with Gasteiger partial charge in [0.2, 0.25) is 5.71 Å². The quantitative estimate of drug-likeness (QED) is 0.143. The second kappa shape index (κ2) is 16.9. The first-order valence-electron chi connectivity index (χ1n) is 18.3. The van der Waals surface area contributed by atoms with E-state index >= 15 is 0 Å². The van der Waals surface area contributed by atoms with Crippen LogP contribution < -0.4 is 0 Å². The molecule has 1 radical (unpaired) electrons. The Labute approximate surface area is 323 Å². The van der Waals surface area contributed by atoms with Gasteiger partial charge in [-0.25, -0.2) is 4.98 Å². The molecule has 0 N–H and O–H groups in total. The third-order valence-corrected chi connectivity index (χ3v) is 9.77. The van der Waals surface area contributed by atoms with Crippen LogP contribution >= 0.6 is 0 Å². The summed E-state index contributed by atoms with van der Waals surface area (Å²) in [6.07, 6.45) is 3.79. The van der Waals surface area contributed by atoms with Crippen LogP contribution in [0.15, 0.2) is 108 Å². The molecule has 0 unspecified atom stereocenters. The molecule has 0 saturated heterocycles. The smallest absolute Gasteiger partial charge is 0.216 e. The van der Waals surface area contributed by atoms with Crippen molar-refractivity contribution in [3.05, 3.63) is 138 Å². The van der Waals surface area contributed by atoms with Crippen LogP contribution in [0.3, 0.4) is 0 Å². The standard InChI is InChI=1S/C36H41N2O.C11H8N.Ir/c1-20(2)25-12-10-13-26(21(3)4)34(25)31-17-16-28-27-14-11-15-29(35(27)39-36(28)38-31)32-18-30(24(9)19-37-32)33(22(5)6)23(7)8;1-2-6-10(7-3-1)11-8-4-5-9-12-11;/h10-14,16-23,33H,1-9H3;1-6,8-9H;/q2*-1;. The first-order valence-corrected chi connectivity index (χ1v) is 18.3. The van der Waals surface area contributed by atoms with Gasteiger partial charge in [0.25, 0.3) is 0 Å². The fraction of sp³-hybridized carbons (Fsp3) is 0.298. The Morgan fingerprint density at radius 2 is 1.33 bits per heavy atom. The van der Waals surface area contributed by atoms with Gasteiger partial charge in [-0.1, -0.05) is 103 Å². The van der Waals surface area contributed by atoms with Crippen molar-refractivity contribution in [1.82, 2.24) is 15.0 Å². The van der Waals surface area contributed by atoms with E-state index in [2.05, 4.69) is 122 Å². The van der Waals surface area contributed by atoms with Gasteiger partial charge < -0.3 is 14.4 Å². The molecule has 0 fully saturated rings. The number of aryl methyl sites for hydroxylation is 1. The predicted octanol–water partition coefficient (Wildman–Crippen LogP) is 13.0. The molecule has 4 nitrogen and oxygen atoms in total. The average molecular weight is 864 g/mol. The molecule has 52 heavy (non-hydrogen) atoms. The van der Waals surface area contributed by atoms with Gasteiger partial charge in [-0.3, -0.25) is 0 Å². The number of furan rings is 1. The molecular formula is C47H49IrN3O-2. The summed E-state index contributed by atoms with van der Waals surface area (Å²) in [6, 6.07) is 37.5. The minimum atomic E-state index is 0. The van der Waals surface area contributed by atoms with Crippen LogP contribution in [0.2, 0.25) is 0 Å². The summed E-state index contributed by atoms with van der Waals surface area (Å²) in [4.78, 5) is 14.2. The molecule has 5 heteroatoms. The molecular weight excluding hydrogens is 815 g/mol. The van der Waals surface area contributed by atoms with Gasteiger partial charge in [0.15, 0.2) is 0 Å². The summed E-state index contributed by atoms with van der Waals surface area (Å²) in [7, 11) is 0. The van der Waals surface area contributed by atoms with E-state index in [1.807, 2.05) is 54.7 Å². The van der Waals surface area contributed by atoms with Crippen LogP contribution in [0, 0.1) is 30.9 Å². The molecule has 0 bridgehead atoms. The molecule has 0 amide bonds. The van der Waals surface area contributed by atoms with Crippen LogP contribution in [0.5, 0.6) is 0 Å². The van der Waals surface area contributed by atoms with Crippen molar-refractivity contribution < 1.29 is 24.5 Å². The number of aromatic nitrogens is 3. The number of fused-ring (bicyclic) bond motifs is 3. The monoisotopic (exact) mass is 864 g/mol. The zero-order chi connectivity index (χ0) is 36.2. The first-order chi connectivity index (χ1) is 24.5. The zero-order valence-corrected chi connectivity index (χ0v) is 34.2. The van der Waals surface area contributed by atoms with Crippen LogP contribution in [0.1, 0.15) is 95.4 Å². The van der Waals surface area contributed by atoms with Crippen molar-refractivity contribution in [2.45, 2.75) is 80.1 Å². The van der Waals surface area contributed by atoms with Crippen LogP contribution in [-0.2, 0) is 20.1 Å². The number of pyridine rings is 3. The SMILES string of the molecule is Cc1cnc(-c2[c-]ccc3c2oc2nc(-c4c(C(C)C)cccc4C(C)C)ccc23)cc1C(C(C)C)C(C)C.[Ir].[c-]1ccccc1-c1ccccn1. The topological polar surface area (TPSA) is 51.8 Å². The minimum absolute atomic E-state index is 0. The molecule has 0 atom stereocenters. The molecule has 4 heterocycles. The minimum Gasteiger partial charge on any atom is -0.486 e. The maximum absolute atomic E-state index is 6.54. The molecule has 0 aliphatic carbocycles. The average Bonchev–Trinajstić information content (AvgIpc) is 3.51. The molecule has 7 aromatic rings. The summed E-state index contributed by atoms with van der Waals surface area (Å²) in [5.74, 6) is 2.33. The Morgan fingerprint density at radius 3 is 1.94 bits per heavy atom. The van der Waals surface area contributed by atoms with Crippen molar-refractivity contribution in [2.24, 2.45) is 11.8 Å². The Kier molecular flexibility index (Phi) is 12.6. The number of rotatable bonds is 8. The number of hydrogen-bond donors (Lipinski definition) is 0. The Balaban J connectivity index is 0.000000339. The summed E-state index contributed by atoms with van der Waals surface area (Å²) in [6.45, 7) is 20.4. The summed E-state index contributed by atoms with van der Waals surface area (Å²) in [5, 5.41) is 2.07. The van der Waals surface area contributed by atoms with E-state index in [0.717, 1.165) is 44.6 Å². The van der Waals surface area contributed by atoms with Crippen molar-refractivity contribution in [1.29, 1.82) is 0 Å². The summed E-state index contributed by atoms with van der Waals surface area (Å²) in [5.41, 5.74) is 12.7. The maximum Gasteiger partial charge on any atom is 0.216 e. The Hall–Kier alpha value is -4.44. The molecule has 0 aliphatic rings. The molecule has 7 rings (SSSR count). The third-order valence-electron chi connectivity index (χ3n) is 9.77. The van der Waals surface area contributed by atoms with Gasteiger partial charge >= 0.3 is 0 Å². The molecule has 0 aliphatic heterocycles. The third kappa shape index (κ3) is 8.12. The van der Waals surface area contributed by atoms with Crippen LogP contribution in [0.4, 0.5) is 0 Å². The van der Waals surface area contributed by atoms with E-state index < -0.39 is 0 Å². The van der Waals surface area contributed by atoms with E-state index in [-0.39, 0.29) is 20.1 Å². The molecule has 269 valence electrons. The Bertz CT molecular complexity index is 2170. The molecule has 4 aromatic heterocycles. The predicted molar refractivity (Wildman–Crippen MR) is 213 cm³/mol. The van der Waals surface area contributed by atoms with E-state index in [4.69, 9.17) is 14.4 Å². The maximum atomic E-state index is 6.54. The van der Waals surface area contributed by atoms with Gasteiger partial charge in [0, 0.05) is 43.4 Å². The van der Waals surface area contributed by atoms with Gasteiger partial charge in [-0.15, -0.1) is 54.1 Å². The van der Waals surface area contributed by atoms with Crippen molar-refractivity contribution in [3.8, 4) is 33.8 Å². The first kappa shape index (κ1) is 38.8. The second-order valence-electron chi connectivity index (χ2n) is 14.8. The van der Waals surface area contributed by atoms with Crippen LogP contribution in [0.25, 0.3) is 55.8 Å². The van der Waals surface area contributed by atoms with E-state index in [0.29, 0.717) is 35.3 Å². The molecule has 3 aromatic carbocycles. The van der Waals surface area contributed by atoms with E-state index in [1.165, 1.54) is 27.8 Å². The number of nitrogens with zero attached hydrogens (tertiary/aromatic N) is 3. The van der Waals surface area contributed by atoms with Gasteiger partial charge in [-0.05, 0) is 88.4 Å². The summed E-state index contributed by atoms with van der Waals surface area (Å²) >= 11 is 0. The van der Waals surface area contributed by atoms with Crippen molar-refractivity contribution >= 4 is 22.1 Å². The van der Waals surface area contributed by atoms with Gasteiger partial charge in [0.05, 0.1) is 11.3 Å². The van der Waals surface area contributed by atoms with Gasteiger partial charge in [-0.2, -0.15) is 0 Å². The van der Waals surface area contributed by atoms with Gasteiger partial charge in [0.1, 0.15) is 0 Å². The normalized spacial score (nSPS) is 11.5. The zero-order valence-electron chi connectivity index (χ0n) is 31.8. The summed E-state index contributed by atoms with van der Waals surface area (Å²) < 4.78 is 6.54. The molecule has 0 saturated carbocycles. The van der Waals surface area contributed by atoms with Crippen LogP contribution in [-0.4, -0.2) is 15.0 Å². The fourth-order valence-corrected chi connectivity index (χ4v) is 7.40. The number of benzene rings is 3. The van der Waals surface area contributed by atoms with Crippen molar-refractivity contribution in [2.75, 3.05) is 0 Å². The molecule has 0 spiro atoms. The van der Waals surface area contributed by atoms with Crippen molar-refractivity contribution in [3.63, 3.8) is 0 Å². The Morgan fingerprint density at radius 1 is 0.615 bits per heavy atom.